The average molecular weight is 617 g/mol. The normalized spacial score (nSPS) is 19.4. The first-order chi connectivity index (χ1) is 20.9. The highest BCUT2D eigenvalue weighted by Gasteiger charge is 2.48. The van der Waals surface area contributed by atoms with E-state index in [-0.39, 0.29) is 35.5 Å². The van der Waals surface area contributed by atoms with E-state index in [4.69, 9.17) is 20.0 Å². The molecule has 1 aromatic heterocycles. The summed E-state index contributed by atoms with van der Waals surface area (Å²) in [6.07, 6.45) is -1.41. The van der Waals surface area contributed by atoms with E-state index in [0.29, 0.717) is 35.6 Å². The highest BCUT2D eigenvalue weighted by atomic mass is 19.4. The number of anilines is 2. The first kappa shape index (κ1) is 31.3. The third-order valence-corrected chi connectivity index (χ3v) is 7.80. The van der Waals surface area contributed by atoms with Crippen LogP contribution in [0.15, 0.2) is 48.7 Å². The molecule has 5 rings (SSSR count). The van der Waals surface area contributed by atoms with Crippen molar-refractivity contribution in [1.29, 1.82) is 0 Å². The molecule has 1 amide bonds. The number of hydroxylamine groups is 1. The van der Waals surface area contributed by atoms with Gasteiger partial charge in [0.15, 0.2) is 6.04 Å². The Kier molecular flexibility index (Phi) is 8.89. The number of halogens is 3. The number of alkyl halides is 3. The number of hydrogen-bond donors (Lipinski definition) is 1. The lowest BCUT2D eigenvalue weighted by molar-refractivity contribution is -0.202. The summed E-state index contributed by atoms with van der Waals surface area (Å²) >= 11 is 0. The molecule has 2 N–H and O–H groups in total. The number of nitrogens with two attached hydrogens (primary N) is 1. The van der Waals surface area contributed by atoms with E-state index in [9.17, 15) is 27.6 Å². The molecule has 3 heterocycles. The monoisotopic (exact) mass is 616 g/mol. The molecule has 44 heavy (non-hydrogen) atoms. The highest BCUT2D eigenvalue weighted by Crippen LogP contribution is 2.45. The minimum Gasteiger partial charge on any atom is -0.465 e. The number of amides is 1. The number of carbonyl (C=O) groups excluding carboxylic acids is 3. The number of fused-ring (bicyclic) bond motifs is 2. The second kappa shape index (κ2) is 12.5. The predicted octanol–water partition coefficient (Wildman–Crippen LogP) is 4.90. The Labute approximate surface area is 252 Å². The third kappa shape index (κ3) is 6.25. The molecule has 0 saturated carbocycles. The summed E-state index contributed by atoms with van der Waals surface area (Å²) in [6, 6.07) is 9.18. The van der Waals surface area contributed by atoms with E-state index in [0.717, 1.165) is 18.4 Å². The number of ether oxygens (including phenoxy) is 2. The van der Waals surface area contributed by atoms with Crippen LogP contribution in [0.4, 0.5) is 24.5 Å². The van der Waals surface area contributed by atoms with Gasteiger partial charge in [0.25, 0.3) is 5.91 Å². The number of aromatic nitrogens is 1. The van der Waals surface area contributed by atoms with Gasteiger partial charge in [0.05, 0.1) is 24.5 Å². The molecule has 0 spiro atoms. The number of benzene rings is 2. The Bertz CT molecular complexity index is 1550. The SMILES string of the molecule is COC(=O)c1ccc2c(c1)N(CC(N)CC(C)C)C(=O)C(c1cn(CC3CCCO3)c3ccccc13)N2OC(=O)C(F)(F)F. The van der Waals surface area contributed by atoms with Crippen molar-refractivity contribution in [3.8, 4) is 0 Å². The van der Waals surface area contributed by atoms with Crippen LogP contribution in [0.2, 0.25) is 0 Å². The second-order valence-electron chi connectivity index (χ2n) is 11.5. The molecule has 3 atom stereocenters. The molecule has 0 radical (unpaired) electrons. The number of methoxy groups -OCH3 is 1. The van der Waals surface area contributed by atoms with Crippen LogP contribution in [-0.4, -0.2) is 61.0 Å². The topological polar surface area (TPSA) is 116 Å². The van der Waals surface area contributed by atoms with E-state index < -0.39 is 36.1 Å². The summed E-state index contributed by atoms with van der Waals surface area (Å²) in [7, 11) is 1.18. The summed E-state index contributed by atoms with van der Waals surface area (Å²) in [5, 5.41) is 1.29. The maximum absolute atomic E-state index is 14.5. The van der Waals surface area contributed by atoms with Crippen molar-refractivity contribution in [2.24, 2.45) is 11.7 Å². The van der Waals surface area contributed by atoms with Crippen molar-refractivity contribution in [3.63, 3.8) is 0 Å². The molecule has 236 valence electrons. The molecule has 1 saturated heterocycles. The molecule has 13 heteroatoms. The number of para-hydroxylation sites is 1. The van der Waals surface area contributed by atoms with E-state index in [1.165, 1.54) is 30.2 Å². The second-order valence-corrected chi connectivity index (χ2v) is 11.5. The van der Waals surface area contributed by atoms with Crippen LogP contribution in [0.3, 0.4) is 0 Å². The molecular weight excluding hydrogens is 581 g/mol. The molecule has 10 nitrogen and oxygen atoms in total. The number of esters is 1. The zero-order valence-electron chi connectivity index (χ0n) is 24.7. The lowest BCUT2D eigenvalue weighted by Crippen LogP contribution is -2.53. The Morgan fingerprint density at radius 2 is 1.89 bits per heavy atom. The molecule has 0 aliphatic carbocycles. The molecule has 0 bridgehead atoms. The third-order valence-electron chi connectivity index (χ3n) is 7.80. The van der Waals surface area contributed by atoms with Gasteiger partial charge in [-0.2, -0.15) is 18.2 Å². The highest BCUT2D eigenvalue weighted by molar-refractivity contribution is 6.09. The van der Waals surface area contributed by atoms with Crippen molar-refractivity contribution >= 4 is 40.1 Å². The van der Waals surface area contributed by atoms with Gasteiger partial charge in [0.2, 0.25) is 0 Å². The minimum absolute atomic E-state index is 0.000746. The number of rotatable bonds is 9. The minimum atomic E-state index is -5.34. The maximum atomic E-state index is 14.5. The van der Waals surface area contributed by atoms with Gasteiger partial charge in [0.1, 0.15) is 5.69 Å². The van der Waals surface area contributed by atoms with E-state index in [2.05, 4.69) is 0 Å². The zero-order valence-corrected chi connectivity index (χ0v) is 24.7. The number of nitrogens with zero attached hydrogens (tertiary/aromatic N) is 3. The van der Waals surface area contributed by atoms with Gasteiger partial charge in [-0.3, -0.25) is 4.79 Å². The van der Waals surface area contributed by atoms with Crippen LogP contribution in [0.1, 0.15) is 55.1 Å². The van der Waals surface area contributed by atoms with Crippen LogP contribution >= 0.6 is 0 Å². The number of carbonyl (C=O) groups is 3. The maximum Gasteiger partial charge on any atom is 0.493 e. The molecule has 3 aromatic rings. The van der Waals surface area contributed by atoms with Crippen LogP contribution in [0.5, 0.6) is 0 Å². The lowest BCUT2D eigenvalue weighted by Gasteiger charge is -2.42. The van der Waals surface area contributed by atoms with Gasteiger partial charge in [0, 0.05) is 48.4 Å². The Morgan fingerprint density at radius 1 is 1.14 bits per heavy atom. The first-order valence-corrected chi connectivity index (χ1v) is 14.5. The fourth-order valence-corrected chi connectivity index (χ4v) is 5.93. The molecule has 2 aliphatic heterocycles. The predicted molar refractivity (Wildman–Crippen MR) is 156 cm³/mol. The first-order valence-electron chi connectivity index (χ1n) is 14.5. The molecule has 1 fully saturated rings. The quantitative estimate of drug-likeness (QED) is 0.338. The van der Waals surface area contributed by atoms with Crippen molar-refractivity contribution in [2.45, 2.75) is 64.0 Å². The summed E-state index contributed by atoms with van der Waals surface area (Å²) in [6.45, 7) is 5.05. The standard InChI is InChI=1S/C31H35F3N4O6/c1-18(2)13-20(35)15-37-26-14-19(29(40)42-3)10-11-25(26)38(44-30(41)31(32,33)34)27(28(37)39)23-17-36(16-21-7-6-12-43-21)24-9-5-4-8-22(23)24/h4-5,8-11,14,17-18,20-21,27H,6-7,12-13,15-16,35H2,1-3H3. The van der Waals surface area contributed by atoms with E-state index in [1.54, 1.807) is 18.3 Å². The Balaban J connectivity index is 1.69. The number of hydrogen-bond acceptors (Lipinski definition) is 8. The fraction of sp³-hybridized carbons (Fsp3) is 0.452. The van der Waals surface area contributed by atoms with Crippen molar-refractivity contribution < 1.29 is 41.9 Å². The summed E-state index contributed by atoms with van der Waals surface area (Å²) in [5.41, 5.74) is 7.61. The largest absolute Gasteiger partial charge is 0.493 e. The van der Waals surface area contributed by atoms with Crippen molar-refractivity contribution in [3.05, 3.63) is 59.8 Å². The van der Waals surface area contributed by atoms with Crippen molar-refractivity contribution in [1.82, 2.24) is 4.57 Å². The van der Waals surface area contributed by atoms with Crippen LogP contribution in [0.25, 0.3) is 10.9 Å². The molecular formula is C31H35F3N4O6. The lowest BCUT2D eigenvalue weighted by atomic mass is 9.97. The zero-order chi connectivity index (χ0) is 31.8. The van der Waals surface area contributed by atoms with Gasteiger partial charge in [-0.1, -0.05) is 32.0 Å². The van der Waals surface area contributed by atoms with Gasteiger partial charge in [-0.05, 0) is 49.4 Å². The van der Waals surface area contributed by atoms with E-state index >= 15 is 0 Å². The fourth-order valence-electron chi connectivity index (χ4n) is 5.93. The van der Waals surface area contributed by atoms with Crippen LogP contribution < -0.4 is 15.7 Å². The van der Waals surface area contributed by atoms with Gasteiger partial charge in [-0.25, -0.2) is 9.59 Å². The van der Waals surface area contributed by atoms with Gasteiger partial charge in [-0.15, -0.1) is 0 Å². The smallest absolute Gasteiger partial charge is 0.465 e. The van der Waals surface area contributed by atoms with Crippen molar-refractivity contribution in [2.75, 3.05) is 30.2 Å². The summed E-state index contributed by atoms with van der Waals surface area (Å²) in [5.74, 6) is -3.69. The molecule has 3 unspecified atom stereocenters. The van der Waals surface area contributed by atoms with Crippen LogP contribution in [0, 0.1) is 5.92 Å². The molecule has 2 aromatic carbocycles. The van der Waals surface area contributed by atoms with Gasteiger partial charge >= 0.3 is 18.1 Å². The summed E-state index contributed by atoms with van der Waals surface area (Å²) in [4.78, 5) is 45.6. The Hall–Kier alpha value is -4.10. The van der Waals surface area contributed by atoms with E-state index in [1.807, 2.05) is 30.5 Å². The molecule has 2 aliphatic rings. The van der Waals surface area contributed by atoms with Gasteiger partial charge < -0.3 is 29.5 Å². The Morgan fingerprint density at radius 3 is 2.55 bits per heavy atom. The summed E-state index contributed by atoms with van der Waals surface area (Å²) < 4.78 is 53.3. The average Bonchev–Trinajstić information content (AvgIpc) is 3.62. The van der Waals surface area contributed by atoms with Crippen LogP contribution in [-0.2, 0) is 30.4 Å².